The number of carbonyl (C=O) groups is 2. The van der Waals surface area contributed by atoms with E-state index in [9.17, 15) is 14.7 Å². The van der Waals surface area contributed by atoms with Crippen LogP contribution in [0.4, 0.5) is 0 Å². The van der Waals surface area contributed by atoms with Crippen molar-refractivity contribution in [2.75, 3.05) is 26.3 Å². The number of rotatable bonds is 5. The smallest absolute Gasteiger partial charge is 0.225 e. The highest BCUT2D eigenvalue weighted by molar-refractivity contribution is 5.78. The van der Waals surface area contributed by atoms with Gasteiger partial charge in [-0.15, -0.1) is 0 Å². The molecule has 0 aromatic heterocycles. The van der Waals surface area contributed by atoms with E-state index in [1.165, 1.54) is 6.92 Å². The normalized spacial score (nSPS) is 21.5. The SMILES string of the molecule is CC(=O)NCCC(=O)N1CCOC(CO)C1c1ccccc1. The van der Waals surface area contributed by atoms with Crippen molar-refractivity contribution in [3.05, 3.63) is 35.9 Å². The molecule has 0 radical (unpaired) electrons. The number of nitrogens with zero attached hydrogens (tertiary/aromatic N) is 1. The summed E-state index contributed by atoms with van der Waals surface area (Å²) in [6, 6.07) is 9.26. The molecule has 2 atom stereocenters. The number of morpholine rings is 1. The maximum Gasteiger partial charge on any atom is 0.225 e. The minimum atomic E-state index is -0.430. The Morgan fingerprint density at radius 2 is 2.09 bits per heavy atom. The molecule has 120 valence electrons. The zero-order valence-electron chi connectivity index (χ0n) is 12.7. The molecule has 1 fully saturated rings. The summed E-state index contributed by atoms with van der Waals surface area (Å²) >= 11 is 0. The van der Waals surface area contributed by atoms with Crippen LogP contribution >= 0.6 is 0 Å². The zero-order valence-corrected chi connectivity index (χ0v) is 12.7. The van der Waals surface area contributed by atoms with Gasteiger partial charge in [-0.05, 0) is 5.56 Å². The Morgan fingerprint density at radius 3 is 2.73 bits per heavy atom. The van der Waals surface area contributed by atoms with Gasteiger partial charge in [0.05, 0.1) is 19.3 Å². The third-order valence-electron chi connectivity index (χ3n) is 3.71. The van der Waals surface area contributed by atoms with Crippen molar-refractivity contribution in [2.24, 2.45) is 0 Å². The van der Waals surface area contributed by atoms with Crippen molar-refractivity contribution in [3.63, 3.8) is 0 Å². The largest absolute Gasteiger partial charge is 0.394 e. The number of nitrogens with one attached hydrogen (secondary N) is 1. The molecule has 6 nitrogen and oxygen atoms in total. The van der Waals surface area contributed by atoms with Gasteiger partial charge in [0.2, 0.25) is 11.8 Å². The van der Waals surface area contributed by atoms with Crippen molar-refractivity contribution >= 4 is 11.8 Å². The van der Waals surface area contributed by atoms with Crippen LogP contribution in [-0.4, -0.2) is 54.2 Å². The van der Waals surface area contributed by atoms with Crippen LogP contribution in [0, 0.1) is 0 Å². The number of carbonyl (C=O) groups excluding carboxylic acids is 2. The Kier molecular flexibility index (Phi) is 5.91. The Balaban J connectivity index is 2.12. The highest BCUT2D eigenvalue weighted by atomic mass is 16.5. The summed E-state index contributed by atoms with van der Waals surface area (Å²) < 4.78 is 5.60. The molecule has 1 aliphatic heterocycles. The molecular weight excluding hydrogens is 284 g/mol. The average molecular weight is 306 g/mol. The van der Waals surface area contributed by atoms with Crippen molar-refractivity contribution in [2.45, 2.75) is 25.5 Å². The second-order valence-corrected chi connectivity index (χ2v) is 5.27. The minimum absolute atomic E-state index is 0.0515. The van der Waals surface area contributed by atoms with Crippen LogP contribution in [-0.2, 0) is 14.3 Å². The molecule has 1 aromatic rings. The second-order valence-electron chi connectivity index (χ2n) is 5.27. The van der Waals surface area contributed by atoms with E-state index in [1.807, 2.05) is 30.3 Å². The van der Waals surface area contributed by atoms with Gasteiger partial charge < -0.3 is 20.1 Å². The maximum atomic E-state index is 12.5. The Bertz CT molecular complexity index is 506. The summed E-state index contributed by atoms with van der Waals surface area (Å²) in [5, 5.41) is 12.2. The molecule has 0 bridgehead atoms. The molecule has 1 aliphatic rings. The fourth-order valence-electron chi connectivity index (χ4n) is 2.70. The van der Waals surface area contributed by atoms with Gasteiger partial charge >= 0.3 is 0 Å². The second kappa shape index (κ2) is 7.91. The van der Waals surface area contributed by atoms with E-state index in [1.54, 1.807) is 4.90 Å². The monoisotopic (exact) mass is 306 g/mol. The van der Waals surface area contributed by atoms with E-state index < -0.39 is 6.10 Å². The van der Waals surface area contributed by atoms with E-state index in [0.29, 0.717) is 19.7 Å². The molecule has 0 aliphatic carbocycles. The molecule has 22 heavy (non-hydrogen) atoms. The number of ether oxygens (including phenoxy) is 1. The van der Waals surface area contributed by atoms with Gasteiger partial charge in [0, 0.05) is 26.4 Å². The Morgan fingerprint density at radius 1 is 1.36 bits per heavy atom. The van der Waals surface area contributed by atoms with E-state index in [4.69, 9.17) is 4.74 Å². The van der Waals surface area contributed by atoms with Crippen molar-refractivity contribution in [1.29, 1.82) is 0 Å². The number of aliphatic hydroxyl groups excluding tert-OH is 1. The van der Waals surface area contributed by atoms with Gasteiger partial charge in [-0.1, -0.05) is 30.3 Å². The predicted molar refractivity (Wildman–Crippen MR) is 81.0 cm³/mol. The lowest BCUT2D eigenvalue weighted by Crippen LogP contribution is -2.50. The molecule has 2 N–H and O–H groups in total. The summed E-state index contributed by atoms with van der Waals surface area (Å²) in [6.07, 6.45) is -0.193. The Hall–Kier alpha value is -1.92. The molecule has 2 amide bonds. The van der Waals surface area contributed by atoms with Crippen LogP contribution < -0.4 is 5.32 Å². The van der Waals surface area contributed by atoms with Crippen LogP contribution in [0.2, 0.25) is 0 Å². The summed E-state index contributed by atoms with van der Waals surface area (Å²) in [5.74, 6) is -0.202. The van der Waals surface area contributed by atoms with Crippen molar-refractivity contribution < 1.29 is 19.4 Å². The quantitative estimate of drug-likeness (QED) is 0.829. The summed E-state index contributed by atoms with van der Waals surface area (Å²) in [4.78, 5) is 25.1. The number of amides is 2. The fourth-order valence-corrected chi connectivity index (χ4v) is 2.70. The molecule has 0 saturated carbocycles. The predicted octanol–water partition coefficient (Wildman–Crippen LogP) is 0.474. The van der Waals surface area contributed by atoms with Gasteiger partial charge in [0.1, 0.15) is 6.10 Å². The first kappa shape index (κ1) is 16.5. The van der Waals surface area contributed by atoms with Gasteiger partial charge in [-0.3, -0.25) is 9.59 Å². The van der Waals surface area contributed by atoms with Crippen LogP contribution in [0.25, 0.3) is 0 Å². The number of hydrogen-bond donors (Lipinski definition) is 2. The molecule has 1 heterocycles. The lowest BCUT2D eigenvalue weighted by atomic mass is 9.98. The van der Waals surface area contributed by atoms with E-state index in [-0.39, 0.29) is 30.9 Å². The summed E-state index contributed by atoms with van der Waals surface area (Å²) in [6.45, 7) is 2.48. The van der Waals surface area contributed by atoms with Crippen LogP contribution in [0.5, 0.6) is 0 Å². The van der Waals surface area contributed by atoms with E-state index in [0.717, 1.165) is 5.56 Å². The highest BCUT2D eigenvalue weighted by Gasteiger charge is 2.35. The topological polar surface area (TPSA) is 78.9 Å². The molecular formula is C16H22N2O4. The first-order valence-electron chi connectivity index (χ1n) is 7.44. The van der Waals surface area contributed by atoms with Crippen LogP contribution in [0.3, 0.4) is 0 Å². The number of benzene rings is 1. The van der Waals surface area contributed by atoms with Crippen LogP contribution in [0.1, 0.15) is 24.9 Å². The van der Waals surface area contributed by atoms with Crippen molar-refractivity contribution in [1.82, 2.24) is 10.2 Å². The lowest BCUT2D eigenvalue weighted by molar-refractivity contribution is -0.149. The highest BCUT2D eigenvalue weighted by Crippen LogP contribution is 2.29. The molecule has 1 aromatic carbocycles. The molecule has 6 heteroatoms. The average Bonchev–Trinajstić information content (AvgIpc) is 2.54. The summed E-state index contributed by atoms with van der Waals surface area (Å²) in [7, 11) is 0. The molecule has 2 unspecified atom stereocenters. The first-order chi connectivity index (χ1) is 10.6. The zero-order chi connectivity index (χ0) is 15.9. The molecule has 0 spiro atoms. The minimum Gasteiger partial charge on any atom is -0.394 e. The van der Waals surface area contributed by atoms with Gasteiger partial charge in [-0.25, -0.2) is 0 Å². The molecule has 1 saturated heterocycles. The van der Waals surface area contributed by atoms with Crippen LogP contribution in [0.15, 0.2) is 30.3 Å². The standard InChI is InChI=1S/C16H22N2O4/c1-12(20)17-8-7-15(21)18-9-10-22-14(11-19)16(18)13-5-3-2-4-6-13/h2-6,14,16,19H,7-11H2,1H3,(H,17,20). The van der Waals surface area contributed by atoms with Crippen molar-refractivity contribution in [3.8, 4) is 0 Å². The van der Waals surface area contributed by atoms with Gasteiger partial charge in [0.15, 0.2) is 0 Å². The third-order valence-corrected chi connectivity index (χ3v) is 3.71. The van der Waals surface area contributed by atoms with Gasteiger partial charge in [0.25, 0.3) is 0 Å². The lowest BCUT2D eigenvalue weighted by Gasteiger charge is -2.41. The summed E-state index contributed by atoms with van der Waals surface area (Å²) in [5.41, 5.74) is 0.939. The maximum absolute atomic E-state index is 12.5. The Labute approximate surface area is 130 Å². The fraction of sp³-hybridized carbons (Fsp3) is 0.500. The third kappa shape index (κ3) is 4.05. The van der Waals surface area contributed by atoms with E-state index in [2.05, 4.69) is 5.32 Å². The van der Waals surface area contributed by atoms with Gasteiger partial charge in [-0.2, -0.15) is 0 Å². The number of hydrogen-bond acceptors (Lipinski definition) is 4. The van der Waals surface area contributed by atoms with E-state index >= 15 is 0 Å². The first-order valence-corrected chi connectivity index (χ1v) is 7.44. The molecule has 2 rings (SSSR count). The number of aliphatic hydroxyl groups is 1.